The molecule has 0 spiro atoms. The van der Waals surface area contributed by atoms with Crippen LogP contribution in [-0.4, -0.2) is 28.0 Å². The van der Waals surface area contributed by atoms with Crippen LogP contribution >= 0.6 is 0 Å². The van der Waals surface area contributed by atoms with E-state index in [1.165, 1.54) is 6.42 Å². The fourth-order valence-corrected chi connectivity index (χ4v) is 3.32. The maximum Gasteiger partial charge on any atom is 0.0500 e. The molecular weight excluding hydrogens is 208 g/mol. The predicted octanol–water partition coefficient (Wildman–Crippen LogP) is 0.940. The average Bonchev–Trinajstić information content (AvgIpc) is 2.71. The fraction of sp³-hybridized carbons (Fsp3) is 0.545. The Labute approximate surface area is 92.8 Å². The van der Waals surface area contributed by atoms with Crippen molar-refractivity contribution in [2.24, 2.45) is 5.92 Å². The quantitative estimate of drug-likeness (QED) is 0.827. The van der Waals surface area contributed by atoms with Gasteiger partial charge in [0, 0.05) is 28.9 Å². The molecule has 0 saturated carbocycles. The Bertz CT molecular complexity index is 323. The molecule has 82 valence electrons. The monoisotopic (exact) mass is 224 g/mol. The first-order valence-corrected chi connectivity index (χ1v) is 6.78. The molecule has 1 aliphatic rings. The summed E-state index contributed by atoms with van der Waals surface area (Å²) in [6.45, 7) is 2.10. The van der Waals surface area contributed by atoms with Crippen molar-refractivity contribution in [3.05, 3.63) is 30.1 Å². The molecule has 0 bridgehead atoms. The second kappa shape index (κ2) is 5.37. The lowest BCUT2D eigenvalue weighted by atomic mass is 10.2. The van der Waals surface area contributed by atoms with Gasteiger partial charge in [-0.05, 0) is 37.1 Å². The summed E-state index contributed by atoms with van der Waals surface area (Å²) in [7, 11) is -0.741. The Morgan fingerprint density at radius 1 is 1.60 bits per heavy atom. The molecule has 2 atom stereocenters. The van der Waals surface area contributed by atoms with Crippen LogP contribution in [0.15, 0.2) is 24.5 Å². The highest BCUT2D eigenvalue weighted by molar-refractivity contribution is 7.84. The topological polar surface area (TPSA) is 42.0 Å². The lowest BCUT2D eigenvalue weighted by Crippen LogP contribution is -2.15. The summed E-state index contributed by atoms with van der Waals surface area (Å²) in [4.78, 5) is 4.02. The summed E-state index contributed by atoms with van der Waals surface area (Å²) in [5, 5.41) is 3.29. The zero-order valence-corrected chi connectivity index (χ0v) is 9.50. The number of hydrogen-bond acceptors (Lipinski definition) is 3. The fourth-order valence-electron chi connectivity index (χ4n) is 1.85. The van der Waals surface area contributed by atoms with Crippen molar-refractivity contribution in [3.8, 4) is 0 Å². The highest BCUT2D eigenvalue weighted by Gasteiger charge is 2.17. The van der Waals surface area contributed by atoms with Crippen LogP contribution in [0.5, 0.6) is 0 Å². The van der Waals surface area contributed by atoms with E-state index in [1.807, 2.05) is 12.1 Å². The first kappa shape index (κ1) is 10.8. The number of aromatic nitrogens is 1. The van der Waals surface area contributed by atoms with E-state index in [-0.39, 0.29) is 0 Å². The SMILES string of the molecule is O=[S@@](Cc1cccnc1)C[C@H]1CCNC1. The van der Waals surface area contributed by atoms with Gasteiger partial charge in [0.2, 0.25) is 0 Å². The second-order valence-electron chi connectivity index (χ2n) is 3.97. The molecule has 1 aromatic heterocycles. The molecule has 1 aromatic rings. The van der Waals surface area contributed by atoms with Gasteiger partial charge >= 0.3 is 0 Å². The third kappa shape index (κ3) is 3.39. The van der Waals surface area contributed by atoms with Crippen LogP contribution in [0.2, 0.25) is 0 Å². The standard InChI is InChI=1S/C11H16N2OS/c14-15(9-11-3-5-13-7-11)8-10-2-1-4-12-6-10/h1-2,4,6,11,13H,3,5,7-9H2/t11-,15-/m0/s1. The molecule has 0 unspecified atom stereocenters. The third-order valence-electron chi connectivity index (χ3n) is 2.63. The van der Waals surface area contributed by atoms with Gasteiger partial charge in [-0.15, -0.1) is 0 Å². The summed E-state index contributed by atoms with van der Waals surface area (Å²) in [5.74, 6) is 2.06. The molecule has 15 heavy (non-hydrogen) atoms. The van der Waals surface area contributed by atoms with Gasteiger partial charge in [-0.25, -0.2) is 0 Å². The Balaban J connectivity index is 1.82. The Hall–Kier alpha value is -0.740. The molecule has 1 fully saturated rings. The number of rotatable bonds is 4. The maximum absolute atomic E-state index is 11.8. The van der Waals surface area contributed by atoms with Gasteiger partial charge in [0.05, 0.1) is 5.75 Å². The normalized spacial score (nSPS) is 22.8. The lowest BCUT2D eigenvalue weighted by molar-refractivity contribution is 0.632. The van der Waals surface area contributed by atoms with Gasteiger partial charge in [-0.1, -0.05) is 6.07 Å². The minimum Gasteiger partial charge on any atom is -0.316 e. The Morgan fingerprint density at radius 3 is 3.20 bits per heavy atom. The van der Waals surface area contributed by atoms with E-state index in [0.29, 0.717) is 11.7 Å². The lowest BCUT2D eigenvalue weighted by Gasteiger charge is -2.07. The zero-order chi connectivity index (χ0) is 10.5. The molecule has 1 N–H and O–H groups in total. The molecule has 1 saturated heterocycles. The summed E-state index contributed by atoms with van der Waals surface area (Å²) >= 11 is 0. The van der Waals surface area contributed by atoms with E-state index in [0.717, 1.165) is 24.4 Å². The van der Waals surface area contributed by atoms with E-state index < -0.39 is 10.8 Å². The highest BCUT2D eigenvalue weighted by Crippen LogP contribution is 2.11. The number of hydrogen-bond donors (Lipinski definition) is 1. The molecule has 4 heteroatoms. The van der Waals surface area contributed by atoms with Gasteiger partial charge in [0.15, 0.2) is 0 Å². The smallest absolute Gasteiger partial charge is 0.0500 e. The van der Waals surface area contributed by atoms with Crippen LogP contribution in [0, 0.1) is 5.92 Å². The van der Waals surface area contributed by atoms with Gasteiger partial charge in [0.25, 0.3) is 0 Å². The Morgan fingerprint density at radius 2 is 2.53 bits per heavy atom. The van der Waals surface area contributed by atoms with Crippen LogP contribution in [0.1, 0.15) is 12.0 Å². The molecule has 0 amide bonds. The van der Waals surface area contributed by atoms with Crippen molar-refractivity contribution in [3.63, 3.8) is 0 Å². The van der Waals surface area contributed by atoms with Crippen molar-refractivity contribution in [1.29, 1.82) is 0 Å². The van der Waals surface area contributed by atoms with E-state index >= 15 is 0 Å². The maximum atomic E-state index is 11.8. The van der Waals surface area contributed by atoms with Crippen molar-refractivity contribution >= 4 is 10.8 Å². The summed E-state index contributed by atoms with van der Waals surface area (Å²) in [6.07, 6.45) is 4.71. The zero-order valence-electron chi connectivity index (χ0n) is 8.69. The Kier molecular flexibility index (Phi) is 3.86. The predicted molar refractivity (Wildman–Crippen MR) is 61.9 cm³/mol. The second-order valence-corrected chi connectivity index (χ2v) is 5.47. The number of nitrogens with one attached hydrogen (secondary N) is 1. The number of nitrogens with zero attached hydrogens (tertiary/aromatic N) is 1. The van der Waals surface area contributed by atoms with Crippen molar-refractivity contribution in [2.45, 2.75) is 12.2 Å². The van der Waals surface area contributed by atoms with Gasteiger partial charge in [-0.3, -0.25) is 9.19 Å². The minimum absolute atomic E-state index is 0.600. The first-order chi connectivity index (χ1) is 7.34. The van der Waals surface area contributed by atoms with Crippen molar-refractivity contribution in [1.82, 2.24) is 10.3 Å². The van der Waals surface area contributed by atoms with E-state index in [9.17, 15) is 4.21 Å². The molecule has 3 nitrogen and oxygen atoms in total. The van der Waals surface area contributed by atoms with Crippen LogP contribution in [0.3, 0.4) is 0 Å². The minimum atomic E-state index is -0.741. The van der Waals surface area contributed by atoms with E-state index in [2.05, 4.69) is 10.3 Å². The van der Waals surface area contributed by atoms with Crippen LogP contribution in [0.4, 0.5) is 0 Å². The molecule has 0 aromatic carbocycles. The highest BCUT2D eigenvalue weighted by atomic mass is 32.2. The summed E-state index contributed by atoms with van der Waals surface area (Å²) < 4.78 is 11.8. The molecule has 2 heterocycles. The average molecular weight is 224 g/mol. The van der Waals surface area contributed by atoms with E-state index in [4.69, 9.17) is 0 Å². The first-order valence-electron chi connectivity index (χ1n) is 5.29. The van der Waals surface area contributed by atoms with E-state index in [1.54, 1.807) is 12.4 Å². The van der Waals surface area contributed by atoms with Gasteiger partial charge in [0.1, 0.15) is 0 Å². The third-order valence-corrected chi connectivity index (χ3v) is 4.13. The summed E-state index contributed by atoms with van der Waals surface area (Å²) in [5.41, 5.74) is 1.07. The van der Waals surface area contributed by atoms with Gasteiger partial charge < -0.3 is 5.32 Å². The van der Waals surface area contributed by atoms with Crippen molar-refractivity contribution < 1.29 is 4.21 Å². The van der Waals surface area contributed by atoms with Crippen LogP contribution in [0.25, 0.3) is 0 Å². The summed E-state index contributed by atoms with van der Waals surface area (Å²) in [6, 6.07) is 3.88. The molecule has 0 aliphatic carbocycles. The van der Waals surface area contributed by atoms with Crippen molar-refractivity contribution in [2.75, 3.05) is 18.8 Å². The van der Waals surface area contributed by atoms with Crippen LogP contribution < -0.4 is 5.32 Å². The van der Waals surface area contributed by atoms with Gasteiger partial charge in [-0.2, -0.15) is 0 Å². The molecule has 0 radical (unpaired) electrons. The molecule has 2 rings (SSSR count). The molecule has 1 aliphatic heterocycles. The molecular formula is C11H16N2OS. The number of pyridine rings is 1. The van der Waals surface area contributed by atoms with Crippen LogP contribution in [-0.2, 0) is 16.6 Å². The largest absolute Gasteiger partial charge is 0.316 e.